The lowest BCUT2D eigenvalue weighted by molar-refractivity contribution is -0.115. The lowest BCUT2D eigenvalue weighted by Crippen LogP contribution is -2.23. The molecule has 2 rings (SSSR count). The number of nitrogens with zero attached hydrogens (tertiary/aromatic N) is 2. The van der Waals surface area contributed by atoms with Crippen LogP contribution in [0.15, 0.2) is 29.4 Å². The number of nitrogen functional groups attached to an aromatic ring is 1. The highest BCUT2D eigenvalue weighted by Gasteiger charge is 2.17. The Morgan fingerprint density at radius 3 is 2.77 bits per heavy atom. The smallest absolute Gasteiger partial charge is 0.237 e. The zero-order valence-corrected chi connectivity index (χ0v) is 14.1. The summed E-state index contributed by atoms with van der Waals surface area (Å²) in [5.41, 5.74) is 8.01. The molecular weight excluding hydrogens is 320 g/mol. The van der Waals surface area contributed by atoms with E-state index in [1.165, 1.54) is 11.8 Å². The summed E-state index contributed by atoms with van der Waals surface area (Å²) in [7, 11) is 0. The van der Waals surface area contributed by atoms with Gasteiger partial charge in [-0.3, -0.25) is 4.79 Å². The van der Waals surface area contributed by atoms with Gasteiger partial charge >= 0.3 is 0 Å². The number of halogens is 1. The molecule has 22 heavy (non-hydrogen) atoms. The first kappa shape index (κ1) is 16.6. The van der Waals surface area contributed by atoms with Gasteiger partial charge in [-0.15, -0.1) is 0 Å². The number of aromatic nitrogens is 2. The zero-order valence-electron chi connectivity index (χ0n) is 12.6. The fourth-order valence-corrected chi connectivity index (χ4v) is 2.82. The van der Waals surface area contributed by atoms with Crippen LogP contribution in [0.1, 0.15) is 18.2 Å². The first-order valence-corrected chi connectivity index (χ1v) is 7.96. The van der Waals surface area contributed by atoms with Gasteiger partial charge in [-0.2, -0.15) is 0 Å². The van der Waals surface area contributed by atoms with E-state index in [0.29, 0.717) is 21.7 Å². The maximum atomic E-state index is 12.3. The minimum Gasteiger partial charge on any atom is -0.384 e. The monoisotopic (exact) mass is 336 g/mol. The van der Waals surface area contributed by atoms with Crippen LogP contribution < -0.4 is 11.1 Å². The van der Waals surface area contributed by atoms with E-state index in [-0.39, 0.29) is 11.2 Å². The number of thioether (sulfide) groups is 1. The van der Waals surface area contributed by atoms with Gasteiger partial charge in [-0.25, -0.2) is 9.97 Å². The highest BCUT2D eigenvalue weighted by molar-refractivity contribution is 8.00. The molecule has 0 radical (unpaired) electrons. The Morgan fingerprint density at radius 1 is 1.36 bits per heavy atom. The second-order valence-electron chi connectivity index (χ2n) is 4.88. The van der Waals surface area contributed by atoms with Crippen molar-refractivity contribution >= 4 is 40.8 Å². The maximum absolute atomic E-state index is 12.3. The quantitative estimate of drug-likeness (QED) is 0.660. The molecular formula is C15H17ClN4OS. The normalized spacial score (nSPS) is 12.0. The van der Waals surface area contributed by atoms with Crippen LogP contribution in [0.4, 0.5) is 11.5 Å². The molecule has 1 amide bonds. The summed E-state index contributed by atoms with van der Waals surface area (Å²) in [6.45, 7) is 5.49. The number of anilines is 2. The summed E-state index contributed by atoms with van der Waals surface area (Å²) < 4.78 is 0. The molecule has 1 atom stereocenters. The number of benzene rings is 1. The second-order valence-corrected chi connectivity index (χ2v) is 6.59. The molecule has 0 saturated carbocycles. The molecule has 7 heteroatoms. The van der Waals surface area contributed by atoms with Crippen molar-refractivity contribution < 1.29 is 4.79 Å². The number of amides is 1. The molecule has 2 aromatic rings. The van der Waals surface area contributed by atoms with Gasteiger partial charge in [0.25, 0.3) is 0 Å². The zero-order chi connectivity index (χ0) is 16.3. The molecule has 1 aromatic heterocycles. The molecule has 0 aliphatic rings. The largest absolute Gasteiger partial charge is 0.384 e. The topological polar surface area (TPSA) is 80.9 Å². The molecule has 0 aliphatic heterocycles. The van der Waals surface area contributed by atoms with Crippen molar-refractivity contribution in [1.82, 2.24) is 9.97 Å². The number of hydrogen-bond acceptors (Lipinski definition) is 5. The number of carbonyl (C=O) groups is 1. The van der Waals surface area contributed by atoms with Crippen LogP contribution >= 0.6 is 23.4 Å². The number of rotatable bonds is 4. The molecule has 0 spiro atoms. The van der Waals surface area contributed by atoms with Crippen LogP contribution in [-0.2, 0) is 4.79 Å². The van der Waals surface area contributed by atoms with Crippen LogP contribution in [0.2, 0.25) is 5.02 Å². The predicted octanol–water partition coefficient (Wildman–Crippen LogP) is 3.45. The van der Waals surface area contributed by atoms with Crippen molar-refractivity contribution in [3.05, 3.63) is 40.5 Å². The lowest BCUT2D eigenvalue weighted by Gasteiger charge is -2.13. The summed E-state index contributed by atoms with van der Waals surface area (Å²) in [4.78, 5) is 20.7. The minimum atomic E-state index is -0.361. The Kier molecular flexibility index (Phi) is 5.26. The van der Waals surface area contributed by atoms with E-state index >= 15 is 0 Å². The van der Waals surface area contributed by atoms with Gasteiger partial charge in [-0.1, -0.05) is 29.4 Å². The molecule has 0 aliphatic carbocycles. The van der Waals surface area contributed by atoms with E-state index in [0.717, 1.165) is 11.3 Å². The highest BCUT2D eigenvalue weighted by atomic mass is 35.5. The van der Waals surface area contributed by atoms with Crippen molar-refractivity contribution in [1.29, 1.82) is 0 Å². The van der Waals surface area contributed by atoms with Gasteiger partial charge in [0.1, 0.15) is 5.82 Å². The van der Waals surface area contributed by atoms with E-state index in [2.05, 4.69) is 15.3 Å². The Hall–Kier alpha value is -1.79. The SMILES string of the molecule is Cc1cc(N)nc(S[C@H](C)C(=O)Nc2cccc(Cl)c2C)n1. The van der Waals surface area contributed by atoms with Crippen molar-refractivity contribution in [2.45, 2.75) is 31.2 Å². The van der Waals surface area contributed by atoms with Gasteiger partial charge < -0.3 is 11.1 Å². The van der Waals surface area contributed by atoms with Gasteiger partial charge in [0.2, 0.25) is 5.91 Å². The van der Waals surface area contributed by atoms with Crippen LogP contribution in [0.5, 0.6) is 0 Å². The summed E-state index contributed by atoms with van der Waals surface area (Å²) in [5, 5.41) is 3.62. The molecule has 0 bridgehead atoms. The minimum absolute atomic E-state index is 0.140. The van der Waals surface area contributed by atoms with Crippen molar-refractivity contribution in [3.8, 4) is 0 Å². The number of nitrogens with two attached hydrogens (primary N) is 1. The fraction of sp³-hybridized carbons (Fsp3) is 0.267. The first-order valence-electron chi connectivity index (χ1n) is 6.70. The lowest BCUT2D eigenvalue weighted by atomic mass is 10.2. The average Bonchev–Trinajstić information content (AvgIpc) is 2.42. The number of aryl methyl sites for hydroxylation is 1. The molecule has 0 unspecified atom stereocenters. The van der Waals surface area contributed by atoms with E-state index in [4.69, 9.17) is 17.3 Å². The molecule has 3 N–H and O–H groups in total. The molecule has 116 valence electrons. The molecule has 0 fully saturated rings. The van der Waals surface area contributed by atoms with Gasteiger partial charge in [0.15, 0.2) is 5.16 Å². The first-order chi connectivity index (χ1) is 10.4. The van der Waals surface area contributed by atoms with E-state index < -0.39 is 0 Å². The highest BCUT2D eigenvalue weighted by Crippen LogP contribution is 2.25. The van der Waals surface area contributed by atoms with E-state index in [9.17, 15) is 4.79 Å². The Labute approximate surface area is 138 Å². The Bertz CT molecular complexity index is 688. The van der Waals surface area contributed by atoms with Crippen LogP contribution in [0, 0.1) is 13.8 Å². The van der Waals surface area contributed by atoms with Crippen molar-refractivity contribution in [2.75, 3.05) is 11.1 Å². The number of carbonyl (C=O) groups excluding carboxylic acids is 1. The van der Waals surface area contributed by atoms with Crippen LogP contribution in [-0.4, -0.2) is 21.1 Å². The fourth-order valence-electron chi connectivity index (χ4n) is 1.81. The molecule has 5 nitrogen and oxygen atoms in total. The van der Waals surface area contributed by atoms with Gasteiger partial charge in [0.05, 0.1) is 5.25 Å². The summed E-state index contributed by atoms with van der Waals surface area (Å²) in [6, 6.07) is 7.09. The summed E-state index contributed by atoms with van der Waals surface area (Å²) in [5.74, 6) is 0.257. The van der Waals surface area contributed by atoms with Gasteiger partial charge in [0, 0.05) is 22.5 Å². The summed E-state index contributed by atoms with van der Waals surface area (Å²) >= 11 is 7.31. The molecule has 0 saturated heterocycles. The third-order valence-electron chi connectivity index (χ3n) is 3.03. The third kappa shape index (κ3) is 4.11. The Morgan fingerprint density at radius 2 is 2.09 bits per heavy atom. The van der Waals surface area contributed by atoms with Crippen LogP contribution in [0.25, 0.3) is 0 Å². The number of hydrogen-bond donors (Lipinski definition) is 2. The van der Waals surface area contributed by atoms with Crippen molar-refractivity contribution in [3.63, 3.8) is 0 Å². The van der Waals surface area contributed by atoms with Crippen LogP contribution in [0.3, 0.4) is 0 Å². The molecule has 1 heterocycles. The third-order valence-corrected chi connectivity index (χ3v) is 4.40. The average molecular weight is 337 g/mol. The molecule has 1 aromatic carbocycles. The second kappa shape index (κ2) is 6.98. The van der Waals surface area contributed by atoms with Crippen molar-refractivity contribution in [2.24, 2.45) is 0 Å². The number of nitrogens with one attached hydrogen (secondary N) is 1. The maximum Gasteiger partial charge on any atom is 0.237 e. The van der Waals surface area contributed by atoms with E-state index in [1.54, 1.807) is 25.1 Å². The summed E-state index contributed by atoms with van der Waals surface area (Å²) in [6.07, 6.45) is 0. The predicted molar refractivity (Wildman–Crippen MR) is 91.3 cm³/mol. The van der Waals surface area contributed by atoms with E-state index in [1.807, 2.05) is 19.9 Å². The van der Waals surface area contributed by atoms with Gasteiger partial charge in [-0.05, 0) is 38.5 Å². The standard InChI is InChI=1S/C15H17ClN4OS/c1-8-7-13(17)20-15(18-8)22-10(3)14(21)19-12-6-4-5-11(16)9(12)2/h4-7,10H,1-3H3,(H,19,21)(H2,17,18,20)/t10-/m1/s1. The Balaban J connectivity index is 2.07.